The smallest absolute Gasteiger partial charge is 0.254 e. The van der Waals surface area contributed by atoms with Crippen LogP contribution in [0.3, 0.4) is 0 Å². The second-order valence-corrected chi connectivity index (χ2v) is 7.73. The minimum absolute atomic E-state index is 0.0956. The molecule has 2 atom stereocenters. The van der Waals surface area contributed by atoms with Gasteiger partial charge < -0.3 is 10.4 Å². The standard InChI is InChI=1S/C16H25N3O2S/c1-3-11(2)19-14(12-4-5-12)13(8-18-19)15(20)17-9-16(21)6-7-22-10-16/h8,11-12,21H,3-7,9-10H2,1-2H3,(H,17,20). The first-order chi connectivity index (χ1) is 10.5. The van der Waals surface area contributed by atoms with E-state index in [4.69, 9.17) is 0 Å². The molecule has 1 aromatic heterocycles. The maximum atomic E-state index is 12.5. The van der Waals surface area contributed by atoms with Crippen molar-refractivity contribution < 1.29 is 9.90 Å². The van der Waals surface area contributed by atoms with Gasteiger partial charge in [0, 0.05) is 24.3 Å². The van der Waals surface area contributed by atoms with E-state index in [2.05, 4.69) is 24.3 Å². The highest BCUT2D eigenvalue weighted by Gasteiger charge is 2.35. The maximum Gasteiger partial charge on any atom is 0.254 e. The van der Waals surface area contributed by atoms with Crippen LogP contribution in [-0.2, 0) is 0 Å². The molecule has 22 heavy (non-hydrogen) atoms. The first-order valence-electron chi connectivity index (χ1n) is 8.20. The third kappa shape index (κ3) is 3.18. The van der Waals surface area contributed by atoms with Gasteiger partial charge in [0.25, 0.3) is 5.91 Å². The predicted molar refractivity (Wildman–Crippen MR) is 88.4 cm³/mol. The van der Waals surface area contributed by atoms with Crippen LogP contribution in [0.1, 0.15) is 67.5 Å². The molecule has 5 nitrogen and oxygen atoms in total. The molecule has 2 aliphatic rings. The zero-order chi connectivity index (χ0) is 15.7. The number of amides is 1. The minimum Gasteiger partial charge on any atom is -0.387 e. The number of nitrogens with zero attached hydrogens (tertiary/aromatic N) is 2. The highest BCUT2D eigenvalue weighted by atomic mass is 32.2. The Morgan fingerprint density at radius 2 is 2.41 bits per heavy atom. The number of rotatable bonds is 6. The third-order valence-corrected chi connectivity index (χ3v) is 5.95. The van der Waals surface area contributed by atoms with E-state index in [0.29, 0.717) is 29.8 Å². The van der Waals surface area contributed by atoms with Crippen molar-refractivity contribution >= 4 is 17.7 Å². The summed E-state index contributed by atoms with van der Waals surface area (Å²) in [5.74, 6) is 2.05. The lowest BCUT2D eigenvalue weighted by molar-refractivity contribution is 0.0612. The topological polar surface area (TPSA) is 67.2 Å². The fraction of sp³-hybridized carbons (Fsp3) is 0.750. The average molecular weight is 323 g/mol. The molecule has 3 rings (SSSR count). The highest BCUT2D eigenvalue weighted by molar-refractivity contribution is 7.99. The van der Waals surface area contributed by atoms with Gasteiger partial charge in [-0.3, -0.25) is 9.48 Å². The van der Waals surface area contributed by atoms with Crippen LogP contribution in [0.5, 0.6) is 0 Å². The minimum atomic E-state index is -0.743. The molecule has 0 aromatic carbocycles. The lowest BCUT2D eigenvalue weighted by Crippen LogP contribution is -2.43. The molecule has 1 aromatic rings. The predicted octanol–water partition coefficient (Wildman–Crippen LogP) is 2.33. The summed E-state index contributed by atoms with van der Waals surface area (Å²) in [6.45, 7) is 4.60. The molecule has 2 fully saturated rings. The number of aliphatic hydroxyl groups is 1. The lowest BCUT2D eigenvalue weighted by atomic mass is 10.0. The Labute approximate surface area is 135 Å². The molecule has 0 bridgehead atoms. The second kappa shape index (κ2) is 6.24. The lowest BCUT2D eigenvalue weighted by Gasteiger charge is -2.21. The van der Waals surface area contributed by atoms with Gasteiger partial charge in [-0.15, -0.1) is 0 Å². The van der Waals surface area contributed by atoms with E-state index in [1.807, 2.05) is 4.68 Å². The molecule has 0 radical (unpaired) electrons. The zero-order valence-corrected chi connectivity index (χ0v) is 14.2. The summed E-state index contributed by atoms with van der Waals surface area (Å²) in [5, 5.41) is 17.7. The fourth-order valence-corrected chi connectivity index (χ4v) is 4.21. The number of carbonyl (C=O) groups excluding carboxylic acids is 1. The van der Waals surface area contributed by atoms with Crippen LogP contribution in [0.4, 0.5) is 0 Å². The Bertz CT molecular complexity index is 548. The second-order valence-electron chi connectivity index (χ2n) is 6.63. The molecule has 1 saturated carbocycles. The van der Waals surface area contributed by atoms with Gasteiger partial charge in [0.05, 0.1) is 23.1 Å². The fourth-order valence-electron chi connectivity index (χ4n) is 2.91. The quantitative estimate of drug-likeness (QED) is 0.843. The van der Waals surface area contributed by atoms with Crippen molar-refractivity contribution in [3.05, 3.63) is 17.5 Å². The van der Waals surface area contributed by atoms with Gasteiger partial charge in [-0.05, 0) is 38.4 Å². The van der Waals surface area contributed by atoms with Crippen molar-refractivity contribution in [2.45, 2.75) is 57.1 Å². The number of aromatic nitrogens is 2. The van der Waals surface area contributed by atoms with Crippen LogP contribution in [0.2, 0.25) is 0 Å². The largest absolute Gasteiger partial charge is 0.387 e. The SMILES string of the molecule is CCC(C)n1ncc(C(=O)NCC2(O)CCSC2)c1C1CC1. The average Bonchev–Trinajstić information content (AvgIpc) is 3.11. The molecule has 1 aliphatic heterocycles. The van der Waals surface area contributed by atoms with Gasteiger partial charge in [0.15, 0.2) is 0 Å². The van der Waals surface area contributed by atoms with Crippen LogP contribution in [0.15, 0.2) is 6.20 Å². The van der Waals surface area contributed by atoms with Crippen molar-refractivity contribution in [3.63, 3.8) is 0 Å². The Hall–Kier alpha value is -1.01. The number of hydrogen-bond acceptors (Lipinski definition) is 4. The van der Waals surface area contributed by atoms with Crippen LogP contribution in [-0.4, -0.2) is 44.4 Å². The summed E-state index contributed by atoms with van der Waals surface area (Å²) in [4.78, 5) is 12.5. The number of thioether (sulfide) groups is 1. The van der Waals surface area contributed by atoms with Gasteiger partial charge in [-0.25, -0.2) is 0 Å². The van der Waals surface area contributed by atoms with Gasteiger partial charge in [0.1, 0.15) is 0 Å². The normalized spacial score (nSPS) is 26.1. The monoisotopic (exact) mass is 323 g/mol. The van der Waals surface area contributed by atoms with E-state index in [1.54, 1.807) is 18.0 Å². The molecule has 122 valence electrons. The maximum absolute atomic E-state index is 12.5. The van der Waals surface area contributed by atoms with E-state index in [1.165, 1.54) is 0 Å². The van der Waals surface area contributed by atoms with Gasteiger partial charge in [0.2, 0.25) is 0 Å². The Morgan fingerprint density at radius 3 is 3.00 bits per heavy atom. The van der Waals surface area contributed by atoms with Crippen LogP contribution in [0.25, 0.3) is 0 Å². The van der Waals surface area contributed by atoms with Crippen molar-refractivity contribution in [2.24, 2.45) is 0 Å². The summed E-state index contributed by atoms with van der Waals surface area (Å²) in [5.41, 5.74) is 1.03. The Morgan fingerprint density at radius 1 is 1.64 bits per heavy atom. The number of nitrogens with one attached hydrogen (secondary N) is 1. The van der Waals surface area contributed by atoms with Crippen LogP contribution >= 0.6 is 11.8 Å². The van der Waals surface area contributed by atoms with Crippen molar-refractivity contribution in [1.29, 1.82) is 0 Å². The first kappa shape index (κ1) is 15.9. The van der Waals surface area contributed by atoms with E-state index >= 15 is 0 Å². The molecule has 1 amide bonds. The molecule has 1 aliphatic carbocycles. The van der Waals surface area contributed by atoms with Gasteiger partial charge in [-0.1, -0.05) is 6.92 Å². The molecule has 2 N–H and O–H groups in total. The number of carbonyl (C=O) groups is 1. The van der Waals surface area contributed by atoms with Crippen molar-refractivity contribution in [3.8, 4) is 0 Å². The molecular formula is C16H25N3O2S. The van der Waals surface area contributed by atoms with E-state index < -0.39 is 5.60 Å². The molecule has 2 heterocycles. The summed E-state index contributed by atoms with van der Waals surface area (Å²) in [6, 6.07) is 0.313. The van der Waals surface area contributed by atoms with Crippen molar-refractivity contribution in [2.75, 3.05) is 18.1 Å². The summed E-state index contributed by atoms with van der Waals surface area (Å²) >= 11 is 1.74. The third-order valence-electron chi connectivity index (χ3n) is 4.71. The van der Waals surface area contributed by atoms with E-state index in [-0.39, 0.29) is 5.91 Å². The summed E-state index contributed by atoms with van der Waals surface area (Å²) in [6.07, 6.45) is 5.73. The molecule has 2 unspecified atom stereocenters. The molecular weight excluding hydrogens is 298 g/mol. The van der Waals surface area contributed by atoms with Gasteiger partial charge in [-0.2, -0.15) is 16.9 Å². The van der Waals surface area contributed by atoms with Crippen molar-refractivity contribution in [1.82, 2.24) is 15.1 Å². The van der Waals surface area contributed by atoms with Crippen LogP contribution in [0, 0.1) is 0 Å². The summed E-state index contributed by atoms with van der Waals surface area (Å²) < 4.78 is 2.02. The number of hydrogen-bond donors (Lipinski definition) is 2. The molecule has 0 spiro atoms. The molecule has 1 saturated heterocycles. The van der Waals surface area contributed by atoms with E-state index in [9.17, 15) is 9.90 Å². The highest BCUT2D eigenvalue weighted by Crippen LogP contribution is 2.42. The Balaban J connectivity index is 1.73. The van der Waals surface area contributed by atoms with E-state index in [0.717, 1.165) is 37.1 Å². The zero-order valence-electron chi connectivity index (χ0n) is 13.3. The van der Waals surface area contributed by atoms with Gasteiger partial charge >= 0.3 is 0 Å². The van der Waals surface area contributed by atoms with Crippen LogP contribution < -0.4 is 5.32 Å². The summed E-state index contributed by atoms with van der Waals surface area (Å²) in [7, 11) is 0. The first-order valence-corrected chi connectivity index (χ1v) is 9.35. The molecule has 6 heteroatoms. The Kier molecular flexibility index (Phi) is 4.50.